The van der Waals surface area contributed by atoms with Crippen molar-refractivity contribution in [1.82, 2.24) is 4.90 Å². The van der Waals surface area contributed by atoms with Gasteiger partial charge in [-0.25, -0.2) is 4.39 Å². The van der Waals surface area contributed by atoms with Gasteiger partial charge in [0, 0.05) is 25.3 Å². The normalized spacial score (nSPS) is 21.2. The Hall–Kier alpha value is -1.29. The van der Waals surface area contributed by atoms with Crippen LogP contribution in [-0.2, 0) is 0 Å². The predicted molar refractivity (Wildman–Crippen MR) is 62.3 cm³/mol. The van der Waals surface area contributed by atoms with Crippen molar-refractivity contribution >= 4 is 5.69 Å². The number of nitrogen functional groups attached to an aromatic ring is 1. The summed E-state index contributed by atoms with van der Waals surface area (Å²) in [5.74, 6) is 0.810. The standard InChI is InChI=1S/C12H17FN2O/c13-10-5-6-15(9-10)7-8-16-12-3-1-11(14)2-4-12/h1-4,10H,5-9,14H2. The third kappa shape index (κ3) is 3.10. The van der Waals surface area contributed by atoms with E-state index >= 15 is 0 Å². The first kappa shape index (κ1) is 11.2. The van der Waals surface area contributed by atoms with Gasteiger partial charge in [0.15, 0.2) is 0 Å². The third-order valence-corrected chi connectivity index (χ3v) is 2.77. The molecular weight excluding hydrogens is 207 g/mol. The van der Waals surface area contributed by atoms with Gasteiger partial charge in [0.2, 0.25) is 0 Å². The van der Waals surface area contributed by atoms with E-state index in [1.54, 1.807) is 0 Å². The number of likely N-dealkylation sites (tertiary alicyclic amines) is 1. The lowest BCUT2D eigenvalue weighted by Crippen LogP contribution is -2.26. The van der Waals surface area contributed by atoms with E-state index in [0.29, 0.717) is 19.6 Å². The molecule has 0 aliphatic carbocycles. The van der Waals surface area contributed by atoms with E-state index in [-0.39, 0.29) is 0 Å². The van der Waals surface area contributed by atoms with Gasteiger partial charge in [-0.1, -0.05) is 0 Å². The number of anilines is 1. The number of nitrogens with two attached hydrogens (primary N) is 1. The number of hydrogen-bond donors (Lipinski definition) is 1. The summed E-state index contributed by atoms with van der Waals surface area (Å²) in [7, 11) is 0. The van der Waals surface area contributed by atoms with E-state index in [1.807, 2.05) is 24.3 Å². The number of rotatable bonds is 4. The molecule has 3 nitrogen and oxygen atoms in total. The summed E-state index contributed by atoms with van der Waals surface area (Å²) < 4.78 is 18.4. The van der Waals surface area contributed by atoms with E-state index in [1.165, 1.54) is 0 Å². The molecule has 2 N–H and O–H groups in total. The van der Waals surface area contributed by atoms with Gasteiger partial charge >= 0.3 is 0 Å². The van der Waals surface area contributed by atoms with Crippen LogP contribution in [0.2, 0.25) is 0 Å². The predicted octanol–water partition coefficient (Wildman–Crippen LogP) is 1.69. The molecule has 0 radical (unpaired) electrons. The number of ether oxygens (including phenoxy) is 1. The Morgan fingerprint density at radius 1 is 1.38 bits per heavy atom. The Morgan fingerprint density at radius 3 is 2.75 bits per heavy atom. The first-order valence-electron chi connectivity index (χ1n) is 5.59. The second kappa shape index (κ2) is 5.16. The first-order valence-corrected chi connectivity index (χ1v) is 5.59. The first-order chi connectivity index (χ1) is 7.74. The van der Waals surface area contributed by atoms with Crippen LogP contribution in [0, 0.1) is 0 Å². The molecule has 1 aromatic rings. The fourth-order valence-corrected chi connectivity index (χ4v) is 1.85. The van der Waals surface area contributed by atoms with Crippen LogP contribution in [0.15, 0.2) is 24.3 Å². The van der Waals surface area contributed by atoms with Crippen LogP contribution in [0.3, 0.4) is 0 Å². The van der Waals surface area contributed by atoms with Crippen molar-refractivity contribution in [1.29, 1.82) is 0 Å². The van der Waals surface area contributed by atoms with E-state index in [0.717, 1.165) is 24.5 Å². The second-order valence-corrected chi connectivity index (χ2v) is 4.10. The molecule has 2 rings (SSSR count). The highest BCUT2D eigenvalue weighted by Gasteiger charge is 2.20. The zero-order valence-electron chi connectivity index (χ0n) is 9.23. The Labute approximate surface area is 95.0 Å². The summed E-state index contributed by atoms with van der Waals surface area (Å²) in [6.07, 6.45) is -0.00136. The Balaban J connectivity index is 1.70. The van der Waals surface area contributed by atoms with Gasteiger partial charge in [0.25, 0.3) is 0 Å². The maximum atomic E-state index is 12.9. The van der Waals surface area contributed by atoms with E-state index in [2.05, 4.69) is 4.90 Å². The molecule has 1 aliphatic heterocycles. The molecule has 0 spiro atoms. The lowest BCUT2D eigenvalue weighted by molar-refractivity contribution is 0.224. The summed E-state index contributed by atoms with van der Waals surface area (Å²) in [5.41, 5.74) is 6.29. The highest BCUT2D eigenvalue weighted by atomic mass is 19.1. The van der Waals surface area contributed by atoms with Crippen molar-refractivity contribution in [2.24, 2.45) is 0 Å². The molecule has 1 aromatic carbocycles. The van der Waals surface area contributed by atoms with Crippen LogP contribution >= 0.6 is 0 Å². The third-order valence-electron chi connectivity index (χ3n) is 2.77. The highest BCUT2D eigenvalue weighted by Crippen LogP contribution is 2.14. The van der Waals surface area contributed by atoms with E-state index in [4.69, 9.17) is 10.5 Å². The molecule has 0 aromatic heterocycles. The number of hydrogen-bond acceptors (Lipinski definition) is 3. The number of halogens is 1. The maximum Gasteiger partial charge on any atom is 0.119 e. The number of benzene rings is 1. The van der Waals surface area contributed by atoms with Gasteiger partial charge in [-0.15, -0.1) is 0 Å². The summed E-state index contributed by atoms with van der Waals surface area (Å²) in [6.45, 7) is 2.76. The average molecular weight is 224 g/mol. The van der Waals surface area contributed by atoms with Gasteiger partial charge < -0.3 is 10.5 Å². The molecule has 88 valence electrons. The van der Waals surface area contributed by atoms with Crippen molar-refractivity contribution in [2.75, 3.05) is 32.0 Å². The summed E-state index contributed by atoms with van der Waals surface area (Å²) in [4.78, 5) is 2.09. The summed E-state index contributed by atoms with van der Waals surface area (Å²) in [6, 6.07) is 7.31. The minimum Gasteiger partial charge on any atom is -0.492 e. The molecule has 1 aliphatic rings. The lowest BCUT2D eigenvalue weighted by Gasteiger charge is -2.14. The molecule has 16 heavy (non-hydrogen) atoms. The van der Waals surface area contributed by atoms with Crippen LogP contribution in [0.4, 0.5) is 10.1 Å². The lowest BCUT2D eigenvalue weighted by atomic mass is 10.3. The Kier molecular flexibility index (Phi) is 3.62. The summed E-state index contributed by atoms with van der Waals surface area (Å²) >= 11 is 0. The summed E-state index contributed by atoms with van der Waals surface area (Å²) in [5, 5.41) is 0. The monoisotopic (exact) mass is 224 g/mol. The number of alkyl halides is 1. The minimum absolute atomic E-state index is 0.547. The quantitative estimate of drug-likeness (QED) is 0.791. The van der Waals surface area contributed by atoms with Crippen LogP contribution < -0.4 is 10.5 Å². The SMILES string of the molecule is Nc1ccc(OCCN2CCC(F)C2)cc1. The molecule has 1 atom stereocenters. The highest BCUT2D eigenvalue weighted by molar-refractivity contribution is 5.41. The zero-order chi connectivity index (χ0) is 11.4. The van der Waals surface area contributed by atoms with Crippen LogP contribution in [0.1, 0.15) is 6.42 Å². The van der Waals surface area contributed by atoms with Gasteiger partial charge in [-0.05, 0) is 30.7 Å². The van der Waals surface area contributed by atoms with Crippen molar-refractivity contribution < 1.29 is 9.13 Å². The fraction of sp³-hybridized carbons (Fsp3) is 0.500. The van der Waals surface area contributed by atoms with E-state index < -0.39 is 6.17 Å². The van der Waals surface area contributed by atoms with Gasteiger partial charge in [-0.3, -0.25) is 4.90 Å². The molecule has 1 heterocycles. The molecule has 1 fully saturated rings. The van der Waals surface area contributed by atoms with Crippen LogP contribution in [-0.4, -0.2) is 37.3 Å². The Bertz CT molecular complexity index is 328. The van der Waals surface area contributed by atoms with Crippen LogP contribution in [0.25, 0.3) is 0 Å². The van der Waals surface area contributed by atoms with Gasteiger partial charge in [-0.2, -0.15) is 0 Å². The molecule has 4 heteroatoms. The molecule has 0 bridgehead atoms. The number of nitrogens with zero attached hydrogens (tertiary/aromatic N) is 1. The fourth-order valence-electron chi connectivity index (χ4n) is 1.85. The molecule has 0 saturated carbocycles. The van der Waals surface area contributed by atoms with Crippen LogP contribution in [0.5, 0.6) is 5.75 Å². The topological polar surface area (TPSA) is 38.5 Å². The second-order valence-electron chi connectivity index (χ2n) is 4.10. The van der Waals surface area contributed by atoms with E-state index in [9.17, 15) is 4.39 Å². The molecule has 1 saturated heterocycles. The van der Waals surface area contributed by atoms with Gasteiger partial charge in [0.05, 0.1) is 0 Å². The zero-order valence-corrected chi connectivity index (χ0v) is 9.23. The molecule has 1 unspecified atom stereocenters. The van der Waals surface area contributed by atoms with Gasteiger partial charge in [0.1, 0.15) is 18.5 Å². The maximum absolute atomic E-state index is 12.9. The molecule has 0 amide bonds. The average Bonchev–Trinajstić information content (AvgIpc) is 2.67. The largest absolute Gasteiger partial charge is 0.492 e. The molecular formula is C12H17FN2O. The smallest absolute Gasteiger partial charge is 0.119 e. The van der Waals surface area contributed by atoms with Crippen molar-refractivity contribution in [3.63, 3.8) is 0 Å². The van der Waals surface area contributed by atoms with Crippen molar-refractivity contribution in [2.45, 2.75) is 12.6 Å². The minimum atomic E-state index is -0.656. The van der Waals surface area contributed by atoms with Crippen molar-refractivity contribution in [3.05, 3.63) is 24.3 Å². The Morgan fingerprint density at radius 2 is 2.12 bits per heavy atom. The van der Waals surface area contributed by atoms with Crippen molar-refractivity contribution in [3.8, 4) is 5.75 Å².